The van der Waals surface area contributed by atoms with E-state index in [0.717, 1.165) is 18.7 Å². The summed E-state index contributed by atoms with van der Waals surface area (Å²) in [6.07, 6.45) is 8.50. The molecule has 4 rings (SSSR count). The highest BCUT2D eigenvalue weighted by Gasteiger charge is 2.30. The molecule has 3 heterocycles. The van der Waals surface area contributed by atoms with Gasteiger partial charge in [0, 0.05) is 44.3 Å². The molecule has 2 aromatic heterocycles. The third-order valence-corrected chi connectivity index (χ3v) is 4.48. The number of carbonyl (C=O) groups excluding carboxylic acids is 1. The molecule has 0 bridgehead atoms. The van der Waals surface area contributed by atoms with E-state index in [-0.39, 0.29) is 12.0 Å². The fourth-order valence-electron chi connectivity index (χ4n) is 2.96. The van der Waals surface area contributed by atoms with Crippen molar-refractivity contribution in [3.05, 3.63) is 41.9 Å². The van der Waals surface area contributed by atoms with Crippen molar-refractivity contribution >= 4 is 11.7 Å². The van der Waals surface area contributed by atoms with E-state index in [2.05, 4.69) is 25.3 Å². The van der Waals surface area contributed by atoms with Crippen LogP contribution in [0.2, 0.25) is 0 Å². The number of amides is 1. The SMILES string of the molecule is CNc1nccnc1C1CN(C(=O)c2cnc(C3CC3)nc2)CCO1. The molecule has 1 saturated heterocycles. The standard InChI is InChI=1S/C17H20N6O2/c1-18-16-14(19-4-5-20-16)13-10-23(6-7-25-13)17(24)12-8-21-15(22-9-12)11-2-3-11/h4-5,8-9,11,13H,2-3,6-7,10H2,1H3,(H,18,20). The second kappa shape index (κ2) is 6.72. The first-order chi connectivity index (χ1) is 12.3. The second-order valence-electron chi connectivity index (χ2n) is 6.26. The van der Waals surface area contributed by atoms with Crippen LogP contribution in [0, 0.1) is 0 Å². The monoisotopic (exact) mass is 340 g/mol. The number of carbonyl (C=O) groups is 1. The Morgan fingerprint density at radius 3 is 2.68 bits per heavy atom. The van der Waals surface area contributed by atoms with Crippen molar-refractivity contribution in [2.24, 2.45) is 0 Å². The van der Waals surface area contributed by atoms with Crippen molar-refractivity contribution in [1.82, 2.24) is 24.8 Å². The Morgan fingerprint density at radius 1 is 1.20 bits per heavy atom. The number of hydrogen-bond donors (Lipinski definition) is 1. The largest absolute Gasteiger partial charge is 0.372 e. The molecule has 25 heavy (non-hydrogen) atoms. The van der Waals surface area contributed by atoms with Crippen LogP contribution in [0.4, 0.5) is 5.82 Å². The average Bonchev–Trinajstić information content (AvgIpc) is 3.53. The molecule has 2 fully saturated rings. The Bertz CT molecular complexity index is 762. The number of hydrogen-bond acceptors (Lipinski definition) is 7. The predicted octanol–water partition coefficient (Wildman–Crippen LogP) is 1.40. The molecule has 1 atom stereocenters. The van der Waals surface area contributed by atoms with E-state index in [1.165, 1.54) is 0 Å². The molecular weight excluding hydrogens is 320 g/mol. The summed E-state index contributed by atoms with van der Waals surface area (Å²) in [6, 6.07) is 0. The lowest BCUT2D eigenvalue weighted by Gasteiger charge is -2.33. The Balaban J connectivity index is 1.49. The van der Waals surface area contributed by atoms with Crippen molar-refractivity contribution in [3.63, 3.8) is 0 Å². The third-order valence-electron chi connectivity index (χ3n) is 4.48. The third kappa shape index (κ3) is 3.30. The van der Waals surface area contributed by atoms with E-state index >= 15 is 0 Å². The highest BCUT2D eigenvalue weighted by molar-refractivity contribution is 5.93. The van der Waals surface area contributed by atoms with E-state index in [4.69, 9.17) is 4.74 Å². The highest BCUT2D eigenvalue weighted by atomic mass is 16.5. The molecule has 8 nitrogen and oxygen atoms in total. The first-order valence-electron chi connectivity index (χ1n) is 8.47. The van der Waals surface area contributed by atoms with Crippen LogP contribution in [0.15, 0.2) is 24.8 Å². The average molecular weight is 340 g/mol. The summed E-state index contributed by atoms with van der Waals surface area (Å²) < 4.78 is 5.81. The second-order valence-corrected chi connectivity index (χ2v) is 6.26. The Kier molecular flexibility index (Phi) is 4.27. The van der Waals surface area contributed by atoms with Gasteiger partial charge in [-0.05, 0) is 12.8 Å². The maximum Gasteiger partial charge on any atom is 0.257 e. The Hall–Kier alpha value is -2.61. The number of nitrogens with one attached hydrogen (secondary N) is 1. The van der Waals surface area contributed by atoms with Crippen molar-refractivity contribution in [2.45, 2.75) is 24.9 Å². The van der Waals surface area contributed by atoms with Crippen LogP contribution in [0.5, 0.6) is 0 Å². The zero-order valence-electron chi connectivity index (χ0n) is 14.1. The molecule has 0 spiro atoms. The lowest BCUT2D eigenvalue weighted by Crippen LogP contribution is -2.42. The van der Waals surface area contributed by atoms with Crippen LogP contribution in [-0.2, 0) is 4.74 Å². The fraction of sp³-hybridized carbons (Fsp3) is 0.471. The molecule has 2 aromatic rings. The van der Waals surface area contributed by atoms with Crippen LogP contribution < -0.4 is 5.32 Å². The van der Waals surface area contributed by atoms with E-state index in [9.17, 15) is 4.79 Å². The summed E-state index contributed by atoms with van der Waals surface area (Å²) in [5.41, 5.74) is 1.22. The van der Waals surface area contributed by atoms with Gasteiger partial charge in [0.15, 0.2) is 0 Å². The molecule has 1 aliphatic heterocycles. The van der Waals surface area contributed by atoms with E-state index in [1.807, 2.05) is 0 Å². The van der Waals surface area contributed by atoms with Gasteiger partial charge in [-0.3, -0.25) is 9.78 Å². The van der Waals surface area contributed by atoms with Gasteiger partial charge in [-0.2, -0.15) is 0 Å². The fourth-order valence-corrected chi connectivity index (χ4v) is 2.96. The maximum atomic E-state index is 12.8. The maximum absolute atomic E-state index is 12.8. The summed E-state index contributed by atoms with van der Waals surface area (Å²) in [6.45, 7) is 1.42. The highest BCUT2D eigenvalue weighted by Crippen LogP contribution is 2.37. The minimum atomic E-state index is -0.305. The summed E-state index contributed by atoms with van der Waals surface area (Å²) in [4.78, 5) is 31.8. The van der Waals surface area contributed by atoms with Gasteiger partial charge in [0.05, 0.1) is 18.7 Å². The van der Waals surface area contributed by atoms with Gasteiger partial charge >= 0.3 is 0 Å². The predicted molar refractivity (Wildman–Crippen MR) is 90.2 cm³/mol. The van der Waals surface area contributed by atoms with Gasteiger partial charge < -0.3 is 15.0 Å². The van der Waals surface area contributed by atoms with Crippen LogP contribution >= 0.6 is 0 Å². The van der Waals surface area contributed by atoms with E-state index in [1.54, 1.807) is 36.7 Å². The number of anilines is 1. The van der Waals surface area contributed by atoms with Crippen LogP contribution in [-0.4, -0.2) is 57.5 Å². The van der Waals surface area contributed by atoms with Crippen molar-refractivity contribution in [2.75, 3.05) is 32.1 Å². The molecule has 1 amide bonds. The van der Waals surface area contributed by atoms with Gasteiger partial charge in [-0.25, -0.2) is 15.0 Å². The van der Waals surface area contributed by atoms with Gasteiger partial charge in [-0.1, -0.05) is 0 Å². The van der Waals surface area contributed by atoms with E-state index < -0.39 is 0 Å². The minimum Gasteiger partial charge on any atom is -0.372 e. The molecule has 0 radical (unpaired) electrons. The molecule has 1 saturated carbocycles. The van der Waals surface area contributed by atoms with Crippen molar-refractivity contribution in [1.29, 1.82) is 0 Å². The zero-order valence-corrected chi connectivity index (χ0v) is 14.1. The Labute approximate surface area is 145 Å². The topological polar surface area (TPSA) is 93.1 Å². The molecule has 2 aliphatic rings. The van der Waals surface area contributed by atoms with Gasteiger partial charge in [0.1, 0.15) is 23.4 Å². The number of nitrogens with zero attached hydrogens (tertiary/aromatic N) is 5. The van der Waals surface area contributed by atoms with Crippen molar-refractivity contribution < 1.29 is 9.53 Å². The molecule has 1 N–H and O–H groups in total. The van der Waals surface area contributed by atoms with Gasteiger partial charge in [0.25, 0.3) is 5.91 Å². The molecule has 1 aliphatic carbocycles. The number of ether oxygens (including phenoxy) is 1. The molecule has 0 aromatic carbocycles. The van der Waals surface area contributed by atoms with Crippen LogP contribution in [0.25, 0.3) is 0 Å². The zero-order chi connectivity index (χ0) is 17.2. The van der Waals surface area contributed by atoms with Gasteiger partial charge in [-0.15, -0.1) is 0 Å². The molecule has 8 heteroatoms. The quantitative estimate of drug-likeness (QED) is 0.899. The summed E-state index contributed by atoms with van der Waals surface area (Å²) in [5, 5.41) is 3.01. The number of aromatic nitrogens is 4. The first-order valence-corrected chi connectivity index (χ1v) is 8.47. The molecular formula is C17H20N6O2. The smallest absolute Gasteiger partial charge is 0.257 e. The first kappa shape index (κ1) is 15.9. The van der Waals surface area contributed by atoms with Crippen LogP contribution in [0.1, 0.15) is 46.7 Å². The molecule has 1 unspecified atom stereocenters. The summed E-state index contributed by atoms with van der Waals surface area (Å²) in [7, 11) is 1.79. The number of rotatable bonds is 4. The Morgan fingerprint density at radius 2 is 1.96 bits per heavy atom. The normalized spacial score (nSPS) is 20.4. The lowest BCUT2D eigenvalue weighted by atomic mass is 10.1. The minimum absolute atomic E-state index is 0.0782. The number of morpholine rings is 1. The van der Waals surface area contributed by atoms with Crippen molar-refractivity contribution in [3.8, 4) is 0 Å². The van der Waals surface area contributed by atoms with Gasteiger partial charge in [0.2, 0.25) is 0 Å². The lowest BCUT2D eigenvalue weighted by molar-refractivity contribution is -0.0245. The van der Waals surface area contributed by atoms with Crippen LogP contribution in [0.3, 0.4) is 0 Å². The summed E-state index contributed by atoms with van der Waals surface area (Å²) >= 11 is 0. The summed E-state index contributed by atoms with van der Waals surface area (Å²) in [5.74, 6) is 1.91. The molecule has 130 valence electrons. The van der Waals surface area contributed by atoms with E-state index in [0.29, 0.717) is 42.7 Å².